The number of hydrogen-bond acceptors (Lipinski definition) is 3. The van der Waals surface area contributed by atoms with Crippen LogP contribution in [0.4, 0.5) is 0 Å². The Hall–Kier alpha value is -2.98. The summed E-state index contributed by atoms with van der Waals surface area (Å²) in [6, 6.07) is 19.9. The van der Waals surface area contributed by atoms with Crippen molar-refractivity contribution in [2.75, 3.05) is 0 Å². The molecule has 5 fully saturated rings. The number of aromatic nitrogens is 2. The average Bonchev–Trinajstić information content (AvgIpc) is 3.82. The Morgan fingerprint density at radius 3 is 2.14 bits per heavy atom. The largest absolute Gasteiger partial charge is 0.342 e. The van der Waals surface area contributed by atoms with Crippen LogP contribution in [0.2, 0.25) is 0 Å². The number of allylic oxidation sites excluding steroid dienone is 1. The number of nitrogens with one attached hydrogen (secondary N) is 2. The molecule has 0 amide bonds. The molecule has 3 aromatic rings. The molecular weight excluding hydrogens is 452 g/mol. The molecule has 4 nitrogen and oxygen atoms in total. The number of imidazole rings is 1. The number of rotatable bonds is 6. The van der Waals surface area contributed by atoms with E-state index < -0.39 is 0 Å². The summed E-state index contributed by atoms with van der Waals surface area (Å²) in [5.41, 5.74) is 9.41. The van der Waals surface area contributed by atoms with E-state index in [-0.39, 0.29) is 0 Å². The number of aromatic amines is 1. The number of aliphatic imine (C=N–C) groups is 1. The van der Waals surface area contributed by atoms with Crippen molar-refractivity contribution in [1.29, 1.82) is 0 Å². The van der Waals surface area contributed by atoms with Gasteiger partial charge in [-0.25, -0.2) is 4.98 Å². The SMILES string of the molecule is C1=C(c2ccc([C@H]3C[C@@H]3c3ccc(-c4cnc(C5C[C@@H]6C[C@@H]6C5)[nH]4)cc3)cc2)CC([C@@H]2C[C@H]3C[C@H]3N2)=N1. The maximum Gasteiger partial charge on any atom is 0.109 e. The highest BCUT2D eigenvalue weighted by atomic mass is 15.1. The van der Waals surface area contributed by atoms with Crippen LogP contribution in [-0.4, -0.2) is 27.8 Å². The molecule has 2 aromatic carbocycles. The van der Waals surface area contributed by atoms with Gasteiger partial charge in [0.15, 0.2) is 0 Å². The number of nitrogens with zero attached hydrogens (tertiary/aromatic N) is 2. The van der Waals surface area contributed by atoms with Crippen molar-refractivity contribution in [1.82, 2.24) is 15.3 Å². The fraction of sp³-hybridized carbons (Fsp3) is 0.455. The van der Waals surface area contributed by atoms with Crippen LogP contribution in [0, 0.1) is 17.8 Å². The van der Waals surface area contributed by atoms with Gasteiger partial charge in [0.25, 0.3) is 0 Å². The minimum Gasteiger partial charge on any atom is -0.342 e. The van der Waals surface area contributed by atoms with Crippen LogP contribution < -0.4 is 5.32 Å². The quantitative estimate of drug-likeness (QED) is 0.403. The first-order valence-electron chi connectivity index (χ1n) is 14.5. The lowest BCUT2D eigenvalue weighted by atomic mass is 9.96. The van der Waals surface area contributed by atoms with E-state index in [1.54, 1.807) is 0 Å². The molecule has 6 aliphatic rings. The van der Waals surface area contributed by atoms with E-state index >= 15 is 0 Å². The molecule has 3 heterocycles. The average molecular weight is 487 g/mol. The standard InChI is InChI=1S/C33H34N4/c1-3-19(4-2-18(1)26-14-30(34-16-26)31-13-24-12-29(24)36-31)27-15-28(27)20-5-7-21(8-6-20)32-17-35-33(37-32)25-10-22-9-23(22)11-25/h1-8,16-17,22-25,27-29,31,36H,9-15H2,(H,35,37)/t22-,23+,24-,25?,27-,28-,29-,31+/m1/s1. The molecule has 9 rings (SSSR count). The zero-order chi connectivity index (χ0) is 24.1. The zero-order valence-electron chi connectivity index (χ0n) is 21.2. The Labute approximate surface area is 218 Å². The van der Waals surface area contributed by atoms with Gasteiger partial charge in [-0.3, -0.25) is 4.99 Å². The predicted octanol–water partition coefficient (Wildman–Crippen LogP) is 6.80. The van der Waals surface area contributed by atoms with E-state index in [0.29, 0.717) is 23.8 Å². The number of fused-ring (bicyclic) bond motifs is 2. The number of H-pyrrole nitrogens is 1. The van der Waals surface area contributed by atoms with Crippen LogP contribution in [0.3, 0.4) is 0 Å². The maximum absolute atomic E-state index is 4.79. The molecule has 4 saturated carbocycles. The Morgan fingerprint density at radius 2 is 1.43 bits per heavy atom. The second-order valence-corrected chi connectivity index (χ2v) is 12.8. The van der Waals surface area contributed by atoms with E-state index in [9.17, 15) is 0 Å². The summed E-state index contributed by atoms with van der Waals surface area (Å²) in [6.07, 6.45) is 13.2. The molecule has 0 spiro atoms. The van der Waals surface area contributed by atoms with Crippen molar-refractivity contribution in [2.45, 2.75) is 74.8 Å². The third-order valence-corrected chi connectivity index (χ3v) is 10.4. The first-order chi connectivity index (χ1) is 18.2. The summed E-state index contributed by atoms with van der Waals surface area (Å²) >= 11 is 0. The summed E-state index contributed by atoms with van der Waals surface area (Å²) in [6.45, 7) is 0. The molecule has 4 heteroatoms. The van der Waals surface area contributed by atoms with Crippen LogP contribution in [0.15, 0.2) is 65.9 Å². The fourth-order valence-electron chi connectivity index (χ4n) is 7.83. The van der Waals surface area contributed by atoms with Crippen molar-refractivity contribution in [3.8, 4) is 11.3 Å². The third kappa shape index (κ3) is 3.67. The first-order valence-corrected chi connectivity index (χ1v) is 14.5. The molecule has 0 bridgehead atoms. The minimum atomic E-state index is 0.517. The van der Waals surface area contributed by atoms with Gasteiger partial charge in [-0.15, -0.1) is 0 Å². The smallest absolute Gasteiger partial charge is 0.109 e. The summed E-state index contributed by atoms with van der Waals surface area (Å²) in [5, 5.41) is 3.75. The van der Waals surface area contributed by atoms with E-state index in [1.165, 1.54) is 83.6 Å². The first kappa shape index (κ1) is 21.0. The van der Waals surface area contributed by atoms with Crippen LogP contribution in [0.1, 0.15) is 85.2 Å². The summed E-state index contributed by atoms with van der Waals surface area (Å²) < 4.78 is 0. The third-order valence-electron chi connectivity index (χ3n) is 10.4. The minimum absolute atomic E-state index is 0.517. The van der Waals surface area contributed by atoms with Crippen molar-refractivity contribution in [3.63, 3.8) is 0 Å². The molecule has 1 saturated heterocycles. The van der Waals surface area contributed by atoms with Crippen LogP contribution in [-0.2, 0) is 0 Å². The zero-order valence-corrected chi connectivity index (χ0v) is 21.2. The van der Waals surface area contributed by atoms with Crippen LogP contribution >= 0.6 is 0 Å². The summed E-state index contributed by atoms with van der Waals surface area (Å²) in [4.78, 5) is 13.2. The van der Waals surface area contributed by atoms with E-state index in [2.05, 4.69) is 65.0 Å². The molecule has 4 aliphatic carbocycles. The molecule has 186 valence electrons. The lowest BCUT2D eigenvalue weighted by Crippen LogP contribution is -2.33. The maximum atomic E-state index is 4.79. The normalized spacial score (nSPS) is 36.6. The molecule has 1 aromatic heterocycles. The van der Waals surface area contributed by atoms with E-state index in [4.69, 9.17) is 9.98 Å². The highest BCUT2D eigenvalue weighted by Crippen LogP contribution is 2.57. The second-order valence-electron chi connectivity index (χ2n) is 12.8. The number of piperidine rings is 1. The monoisotopic (exact) mass is 486 g/mol. The molecule has 37 heavy (non-hydrogen) atoms. The molecule has 2 aliphatic heterocycles. The Bertz CT molecular complexity index is 1410. The van der Waals surface area contributed by atoms with Gasteiger partial charge in [0, 0.05) is 36.3 Å². The predicted molar refractivity (Wildman–Crippen MR) is 148 cm³/mol. The highest BCUT2D eigenvalue weighted by Gasteiger charge is 2.48. The topological polar surface area (TPSA) is 53.1 Å². The van der Waals surface area contributed by atoms with Gasteiger partial charge < -0.3 is 10.3 Å². The number of hydrogen-bond donors (Lipinski definition) is 2. The van der Waals surface area contributed by atoms with E-state index in [0.717, 1.165) is 30.2 Å². The summed E-state index contributed by atoms with van der Waals surface area (Å²) in [5.74, 6) is 6.06. The Kier molecular flexibility index (Phi) is 4.41. The van der Waals surface area contributed by atoms with Gasteiger partial charge in [0.1, 0.15) is 5.82 Å². The highest BCUT2D eigenvalue weighted by molar-refractivity contribution is 6.01. The Balaban J connectivity index is 0.833. The van der Waals surface area contributed by atoms with Gasteiger partial charge in [-0.05, 0) is 95.9 Å². The van der Waals surface area contributed by atoms with Crippen molar-refractivity contribution >= 4 is 11.3 Å². The number of benzene rings is 2. The molecule has 1 unspecified atom stereocenters. The second kappa shape index (κ2) is 7.77. The molecule has 8 atom stereocenters. The lowest BCUT2D eigenvalue weighted by Gasteiger charge is -2.14. The van der Waals surface area contributed by atoms with Crippen LogP contribution in [0.5, 0.6) is 0 Å². The van der Waals surface area contributed by atoms with Crippen molar-refractivity contribution in [3.05, 3.63) is 83.4 Å². The molecule has 0 radical (unpaired) electrons. The Morgan fingerprint density at radius 1 is 0.703 bits per heavy atom. The van der Waals surface area contributed by atoms with E-state index in [1.807, 2.05) is 6.20 Å². The van der Waals surface area contributed by atoms with Gasteiger partial charge in [-0.2, -0.15) is 0 Å². The molecule has 2 N–H and O–H groups in total. The van der Waals surface area contributed by atoms with Crippen molar-refractivity contribution in [2.24, 2.45) is 22.7 Å². The van der Waals surface area contributed by atoms with Gasteiger partial charge in [0.2, 0.25) is 0 Å². The van der Waals surface area contributed by atoms with Crippen molar-refractivity contribution < 1.29 is 0 Å². The lowest BCUT2D eigenvalue weighted by molar-refractivity contribution is 0.596. The van der Waals surface area contributed by atoms with Gasteiger partial charge in [0.05, 0.1) is 11.9 Å². The molecular formula is C33H34N4. The van der Waals surface area contributed by atoms with Gasteiger partial charge in [-0.1, -0.05) is 48.5 Å². The summed E-state index contributed by atoms with van der Waals surface area (Å²) in [7, 11) is 0. The van der Waals surface area contributed by atoms with Crippen LogP contribution in [0.25, 0.3) is 16.8 Å². The van der Waals surface area contributed by atoms with Gasteiger partial charge >= 0.3 is 0 Å². The fourth-order valence-corrected chi connectivity index (χ4v) is 7.83.